The Hall–Kier alpha value is -3.65. The second-order valence-corrected chi connectivity index (χ2v) is 9.96. The molecule has 2 aromatic rings. The van der Waals surface area contributed by atoms with Gasteiger partial charge in [-0.25, -0.2) is 0 Å². The van der Waals surface area contributed by atoms with Gasteiger partial charge in [-0.15, -0.1) is 0 Å². The molecule has 0 bridgehead atoms. The van der Waals surface area contributed by atoms with E-state index in [-0.39, 0.29) is 25.4 Å². The van der Waals surface area contributed by atoms with Crippen LogP contribution in [0.2, 0.25) is 0 Å². The Morgan fingerprint density at radius 1 is 0.921 bits per heavy atom. The second-order valence-electron chi connectivity index (χ2n) is 9.96. The maximum Gasteiger partial charge on any atom is 0.306 e. The van der Waals surface area contributed by atoms with Crippen LogP contribution in [0.5, 0.6) is 5.75 Å². The van der Waals surface area contributed by atoms with Crippen LogP contribution < -0.4 is 15.4 Å². The Kier molecular flexibility index (Phi) is 9.92. The average molecular weight is 521 g/mol. The lowest BCUT2D eigenvalue weighted by molar-refractivity contribution is -0.147. The van der Waals surface area contributed by atoms with Gasteiger partial charge in [0.2, 0.25) is 0 Å². The molecule has 8 heteroatoms. The Bertz CT molecular complexity index is 1120. The second kappa shape index (κ2) is 13.8. The van der Waals surface area contributed by atoms with E-state index in [0.717, 1.165) is 23.7 Å². The monoisotopic (exact) mass is 520 g/mol. The number of rotatable bonds is 16. The first kappa shape index (κ1) is 27.4. The number of carboxylic acids is 1. The van der Waals surface area contributed by atoms with Crippen molar-refractivity contribution in [3.8, 4) is 5.75 Å². The van der Waals surface area contributed by atoms with E-state index in [4.69, 9.17) is 14.6 Å². The molecule has 8 nitrogen and oxygen atoms in total. The zero-order valence-corrected chi connectivity index (χ0v) is 21.6. The average Bonchev–Trinajstić information content (AvgIpc) is 3.83. The van der Waals surface area contributed by atoms with E-state index < -0.39 is 11.9 Å². The molecule has 3 N–H and O–H groups in total. The van der Waals surface area contributed by atoms with Gasteiger partial charge in [-0.3, -0.25) is 14.4 Å². The van der Waals surface area contributed by atoms with E-state index in [9.17, 15) is 14.4 Å². The van der Waals surface area contributed by atoms with Crippen LogP contribution in [0.25, 0.3) is 6.08 Å². The van der Waals surface area contributed by atoms with Crippen LogP contribution in [0.1, 0.15) is 72.3 Å². The van der Waals surface area contributed by atoms with Gasteiger partial charge in [0, 0.05) is 24.4 Å². The van der Waals surface area contributed by atoms with Gasteiger partial charge in [0.25, 0.3) is 5.91 Å². The van der Waals surface area contributed by atoms with Crippen LogP contribution in [0, 0.1) is 5.92 Å². The van der Waals surface area contributed by atoms with Crippen molar-refractivity contribution < 1.29 is 29.0 Å². The van der Waals surface area contributed by atoms with Gasteiger partial charge in [-0.2, -0.15) is 0 Å². The molecule has 38 heavy (non-hydrogen) atoms. The SMILES string of the molecule is O=C(O)CCC(=O)OCCNC/C(=C\c1ccc(C2CC2)cc1)NC(=O)c1ccc(OCCC2CC2)cc1. The molecule has 0 saturated heterocycles. The van der Waals surface area contributed by atoms with Crippen molar-refractivity contribution in [1.29, 1.82) is 0 Å². The number of hydrogen-bond acceptors (Lipinski definition) is 6. The van der Waals surface area contributed by atoms with Gasteiger partial charge >= 0.3 is 11.9 Å². The fourth-order valence-corrected chi connectivity index (χ4v) is 4.03. The number of benzene rings is 2. The van der Waals surface area contributed by atoms with Gasteiger partial charge < -0.3 is 25.2 Å². The first-order valence-electron chi connectivity index (χ1n) is 13.4. The molecule has 0 radical (unpaired) electrons. The van der Waals surface area contributed by atoms with Crippen LogP contribution in [-0.2, 0) is 14.3 Å². The van der Waals surface area contributed by atoms with E-state index in [1.54, 1.807) is 12.1 Å². The quantitative estimate of drug-likeness (QED) is 0.220. The first-order chi connectivity index (χ1) is 18.5. The predicted octanol–water partition coefficient (Wildman–Crippen LogP) is 4.51. The summed E-state index contributed by atoms with van der Waals surface area (Å²) in [6.07, 6.45) is 7.68. The summed E-state index contributed by atoms with van der Waals surface area (Å²) in [6.45, 7) is 1.52. The van der Waals surface area contributed by atoms with Crippen LogP contribution in [0.3, 0.4) is 0 Å². The Balaban J connectivity index is 1.30. The first-order valence-corrected chi connectivity index (χ1v) is 13.4. The molecule has 0 spiro atoms. The molecule has 0 aromatic heterocycles. The van der Waals surface area contributed by atoms with Crippen molar-refractivity contribution in [1.82, 2.24) is 10.6 Å². The highest BCUT2D eigenvalue weighted by Crippen LogP contribution is 2.40. The molecular weight excluding hydrogens is 484 g/mol. The number of carboxylic acid groups (broad SMARTS) is 1. The minimum atomic E-state index is -1.04. The number of ether oxygens (including phenoxy) is 2. The summed E-state index contributed by atoms with van der Waals surface area (Å²) < 4.78 is 10.8. The summed E-state index contributed by atoms with van der Waals surface area (Å²) in [4.78, 5) is 35.1. The van der Waals surface area contributed by atoms with E-state index >= 15 is 0 Å². The summed E-state index contributed by atoms with van der Waals surface area (Å²) >= 11 is 0. The zero-order chi connectivity index (χ0) is 26.7. The number of hydrogen-bond donors (Lipinski definition) is 3. The summed E-state index contributed by atoms with van der Waals surface area (Å²) in [5, 5.41) is 14.8. The number of nitrogens with one attached hydrogen (secondary N) is 2. The van der Waals surface area contributed by atoms with Gasteiger partial charge in [0.1, 0.15) is 12.4 Å². The largest absolute Gasteiger partial charge is 0.494 e. The van der Waals surface area contributed by atoms with Gasteiger partial charge in [0.05, 0.1) is 19.4 Å². The smallest absolute Gasteiger partial charge is 0.306 e. The normalized spacial score (nSPS) is 15.1. The third-order valence-electron chi connectivity index (χ3n) is 6.61. The lowest BCUT2D eigenvalue weighted by atomic mass is 10.1. The molecule has 0 aliphatic heterocycles. The molecule has 4 rings (SSSR count). The predicted molar refractivity (Wildman–Crippen MR) is 144 cm³/mol. The highest BCUT2D eigenvalue weighted by Gasteiger charge is 2.23. The molecule has 0 unspecified atom stereocenters. The van der Waals surface area contributed by atoms with Gasteiger partial charge in [0.15, 0.2) is 0 Å². The minimum absolute atomic E-state index is 0.109. The van der Waals surface area contributed by atoms with Gasteiger partial charge in [-0.05, 0) is 72.6 Å². The van der Waals surface area contributed by atoms with Crippen LogP contribution in [-0.4, -0.2) is 49.3 Å². The number of esters is 1. The minimum Gasteiger partial charge on any atom is -0.494 e. The highest BCUT2D eigenvalue weighted by atomic mass is 16.5. The van der Waals surface area contributed by atoms with Crippen molar-refractivity contribution in [3.63, 3.8) is 0 Å². The number of amides is 1. The molecule has 202 valence electrons. The standard InChI is InChI=1S/C30H36N2O6/c33-28(34)13-14-29(35)38-18-16-31-20-26(19-22-3-5-23(6-4-22)24-7-8-24)32-30(36)25-9-11-27(12-10-25)37-17-15-21-1-2-21/h3-6,9-12,19,21,24,31H,1-2,7-8,13-18,20H2,(H,32,36)(H,33,34)/b26-19+. The van der Waals surface area contributed by atoms with Crippen molar-refractivity contribution in [2.45, 2.75) is 50.9 Å². The van der Waals surface area contributed by atoms with Crippen LogP contribution in [0.4, 0.5) is 0 Å². The lowest BCUT2D eigenvalue weighted by Crippen LogP contribution is -2.31. The Morgan fingerprint density at radius 2 is 1.66 bits per heavy atom. The molecule has 2 fully saturated rings. The van der Waals surface area contributed by atoms with E-state index in [1.165, 1.54) is 31.2 Å². The van der Waals surface area contributed by atoms with Crippen LogP contribution >= 0.6 is 0 Å². The Morgan fingerprint density at radius 3 is 2.32 bits per heavy atom. The number of aliphatic carboxylic acids is 1. The third-order valence-corrected chi connectivity index (χ3v) is 6.61. The van der Waals surface area contributed by atoms with E-state index in [0.29, 0.717) is 36.9 Å². The van der Waals surface area contributed by atoms with Crippen molar-refractivity contribution in [2.24, 2.45) is 5.92 Å². The molecule has 0 heterocycles. The molecule has 2 aliphatic rings. The maximum absolute atomic E-state index is 13.0. The van der Waals surface area contributed by atoms with E-state index in [1.807, 2.05) is 18.2 Å². The summed E-state index contributed by atoms with van der Waals surface area (Å²) in [5.41, 5.74) is 3.53. The van der Waals surface area contributed by atoms with Gasteiger partial charge in [-0.1, -0.05) is 37.1 Å². The molecule has 2 aliphatic carbocycles. The molecule has 2 aromatic carbocycles. The fraction of sp³-hybridized carbons (Fsp3) is 0.433. The van der Waals surface area contributed by atoms with Crippen molar-refractivity contribution >= 4 is 23.9 Å². The lowest BCUT2D eigenvalue weighted by Gasteiger charge is -2.13. The molecular formula is C30H36N2O6. The van der Waals surface area contributed by atoms with Crippen molar-refractivity contribution in [3.05, 3.63) is 70.9 Å². The fourth-order valence-electron chi connectivity index (χ4n) is 4.03. The molecule has 2 saturated carbocycles. The van der Waals surface area contributed by atoms with Crippen molar-refractivity contribution in [2.75, 3.05) is 26.3 Å². The summed E-state index contributed by atoms with van der Waals surface area (Å²) in [7, 11) is 0. The maximum atomic E-state index is 13.0. The number of carbonyl (C=O) groups is 3. The zero-order valence-electron chi connectivity index (χ0n) is 21.6. The highest BCUT2D eigenvalue weighted by molar-refractivity contribution is 5.96. The topological polar surface area (TPSA) is 114 Å². The Labute approximate surface area is 223 Å². The summed E-state index contributed by atoms with van der Waals surface area (Å²) in [6, 6.07) is 15.5. The molecule has 1 amide bonds. The third kappa shape index (κ3) is 9.67. The summed E-state index contributed by atoms with van der Waals surface area (Å²) in [5.74, 6) is 0.437. The molecule has 0 atom stereocenters. The number of carbonyl (C=O) groups excluding carboxylic acids is 2. The van der Waals surface area contributed by atoms with Crippen LogP contribution in [0.15, 0.2) is 54.2 Å². The van der Waals surface area contributed by atoms with E-state index in [2.05, 4.69) is 34.9 Å².